The summed E-state index contributed by atoms with van der Waals surface area (Å²) in [5.41, 5.74) is 0.0801. The Morgan fingerprint density at radius 2 is 2.32 bits per heavy atom. The molecule has 0 aliphatic carbocycles. The summed E-state index contributed by atoms with van der Waals surface area (Å²) < 4.78 is 20.0. The first kappa shape index (κ1) is 16.4. The van der Waals surface area contributed by atoms with E-state index in [1.54, 1.807) is 24.9 Å². The number of ether oxygens (including phenoxy) is 1. The number of aromatic nitrogens is 3. The van der Waals surface area contributed by atoms with Crippen molar-refractivity contribution in [1.82, 2.24) is 20.1 Å². The number of amides is 1. The predicted molar refractivity (Wildman–Crippen MR) is 79.2 cm³/mol. The van der Waals surface area contributed by atoms with Crippen molar-refractivity contribution in [3.05, 3.63) is 46.8 Å². The van der Waals surface area contributed by atoms with E-state index in [4.69, 9.17) is 16.3 Å². The molecule has 0 unspecified atom stereocenters. The maximum atomic E-state index is 13.2. The van der Waals surface area contributed by atoms with Crippen molar-refractivity contribution < 1.29 is 13.9 Å². The molecule has 1 N–H and O–H groups in total. The van der Waals surface area contributed by atoms with Crippen molar-refractivity contribution in [2.45, 2.75) is 19.5 Å². The Morgan fingerprint density at radius 1 is 1.55 bits per heavy atom. The summed E-state index contributed by atoms with van der Waals surface area (Å²) in [6.45, 7) is 2.83. The average molecular weight is 327 g/mol. The van der Waals surface area contributed by atoms with Crippen LogP contribution in [0.15, 0.2) is 24.5 Å². The van der Waals surface area contributed by atoms with Gasteiger partial charge in [0.25, 0.3) is 5.91 Å². The van der Waals surface area contributed by atoms with Crippen molar-refractivity contribution in [2.75, 3.05) is 13.7 Å². The first-order valence-electron chi connectivity index (χ1n) is 6.65. The summed E-state index contributed by atoms with van der Waals surface area (Å²) >= 11 is 5.92. The highest BCUT2D eigenvalue weighted by atomic mass is 35.5. The van der Waals surface area contributed by atoms with Gasteiger partial charge in [0, 0.05) is 13.7 Å². The molecule has 1 amide bonds. The van der Waals surface area contributed by atoms with Gasteiger partial charge >= 0.3 is 0 Å². The van der Waals surface area contributed by atoms with Crippen LogP contribution in [-0.2, 0) is 11.3 Å². The van der Waals surface area contributed by atoms with Gasteiger partial charge in [-0.3, -0.25) is 4.79 Å². The maximum absolute atomic E-state index is 13.2. The van der Waals surface area contributed by atoms with Crippen LogP contribution < -0.4 is 5.32 Å². The third-order valence-corrected chi connectivity index (χ3v) is 3.42. The number of hydrogen-bond acceptors (Lipinski definition) is 4. The molecule has 22 heavy (non-hydrogen) atoms. The van der Waals surface area contributed by atoms with Gasteiger partial charge in [0.2, 0.25) is 0 Å². The number of benzene rings is 1. The molecule has 6 nitrogen and oxygen atoms in total. The van der Waals surface area contributed by atoms with Crippen molar-refractivity contribution in [3.63, 3.8) is 0 Å². The summed E-state index contributed by atoms with van der Waals surface area (Å²) in [6.07, 6.45) is 1.56. The highest BCUT2D eigenvalue weighted by molar-refractivity contribution is 6.33. The zero-order valence-corrected chi connectivity index (χ0v) is 13.0. The van der Waals surface area contributed by atoms with E-state index in [1.807, 2.05) is 0 Å². The van der Waals surface area contributed by atoms with Crippen LogP contribution in [0, 0.1) is 5.82 Å². The monoisotopic (exact) mass is 326 g/mol. The summed E-state index contributed by atoms with van der Waals surface area (Å²) in [4.78, 5) is 12.2. The van der Waals surface area contributed by atoms with E-state index in [1.165, 1.54) is 12.1 Å². The van der Waals surface area contributed by atoms with E-state index in [0.29, 0.717) is 19.0 Å². The van der Waals surface area contributed by atoms with Gasteiger partial charge in [0.15, 0.2) is 5.82 Å². The van der Waals surface area contributed by atoms with Crippen LogP contribution >= 0.6 is 11.6 Å². The van der Waals surface area contributed by atoms with Gasteiger partial charge < -0.3 is 14.6 Å². The zero-order valence-electron chi connectivity index (χ0n) is 12.2. The molecule has 0 aliphatic heterocycles. The fourth-order valence-corrected chi connectivity index (χ4v) is 2.17. The number of carbonyl (C=O) groups is 1. The third-order valence-electron chi connectivity index (χ3n) is 3.09. The van der Waals surface area contributed by atoms with Crippen LogP contribution in [0.3, 0.4) is 0 Å². The van der Waals surface area contributed by atoms with Gasteiger partial charge in [-0.15, -0.1) is 10.2 Å². The van der Waals surface area contributed by atoms with Crippen molar-refractivity contribution in [2.24, 2.45) is 0 Å². The van der Waals surface area contributed by atoms with Crippen LogP contribution in [-0.4, -0.2) is 34.4 Å². The fourth-order valence-electron chi connectivity index (χ4n) is 1.97. The largest absolute Gasteiger partial charge is 0.383 e. The number of nitrogens with one attached hydrogen (secondary N) is 1. The Balaban J connectivity index is 2.11. The Hall–Kier alpha value is -1.99. The average Bonchev–Trinajstić information content (AvgIpc) is 2.96. The van der Waals surface area contributed by atoms with Gasteiger partial charge in [-0.05, 0) is 25.1 Å². The SMILES string of the molecule is COCCn1cnnc1[C@@H](C)NC(=O)c1cc(F)ccc1Cl. The summed E-state index contributed by atoms with van der Waals surface area (Å²) in [5.74, 6) is -0.415. The molecule has 1 aromatic carbocycles. The number of rotatable bonds is 6. The van der Waals surface area contributed by atoms with Gasteiger partial charge in [-0.1, -0.05) is 11.6 Å². The molecule has 118 valence electrons. The smallest absolute Gasteiger partial charge is 0.253 e. The zero-order chi connectivity index (χ0) is 16.1. The molecule has 1 aromatic heterocycles. The van der Waals surface area contributed by atoms with Gasteiger partial charge in [0.1, 0.15) is 12.1 Å². The standard InChI is InChI=1S/C14H16ClFN4O2/c1-9(13-19-17-8-20(13)5-6-22-2)18-14(21)11-7-10(16)3-4-12(11)15/h3-4,7-9H,5-6H2,1-2H3,(H,18,21)/t9-/m1/s1. The van der Waals surface area contributed by atoms with E-state index in [0.717, 1.165) is 6.07 Å². The number of methoxy groups -OCH3 is 1. The first-order valence-corrected chi connectivity index (χ1v) is 7.03. The number of carbonyl (C=O) groups excluding carboxylic acids is 1. The Kier molecular flexibility index (Phi) is 5.46. The molecule has 0 radical (unpaired) electrons. The van der Waals surface area contributed by atoms with Crippen LogP contribution in [0.4, 0.5) is 4.39 Å². The molecule has 8 heteroatoms. The molecule has 0 spiro atoms. The second kappa shape index (κ2) is 7.33. The molecule has 0 fully saturated rings. The van der Waals surface area contributed by atoms with Crippen molar-refractivity contribution in [3.8, 4) is 0 Å². The normalized spacial score (nSPS) is 12.2. The van der Waals surface area contributed by atoms with Crippen LogP contribution in [0.2, 0.25) is 5.02 Å². The lowest BCUT2D eigenvalue weighted by molar-refractivity contribution is 0.0937. The van der Waals surface area contributed by atoms with E-state index < -0.39 is 17.8 Å². The summed E-state index contributed by atoms with van der Waals surface area (Å²) in [6, 6.07) is 3.23. The number of halogens is 2. The molecule has 0 bridgehead atoms. The van der Waals surface area contributed by atoms with Crippen LogP contribution in [0.25, 0.3) is 0 Å². The second-order valence-corrected chi connectivity index (χ2v) is 5.10. The lowest BCUT2D eigenvalue weighted by Crippen LogP contribution is -2.29. The Labute approximate surface area is 132 Å². The van der Waals surface area contributed by atoms with Gasteiger partial charge in [0.05, 0.1) is 23.2 Å². The number of nitrogens with zero attached hydrogens (tertiary/aromatic N) is 3. The fraction of sp³-hybridized carbons (Fsp3) is 0.357. The molecular formula is C14H16ClFN4O2. The lowest BCUT2D eigenvalue weighted by Gasteiger charge is -2.15. The predicted octanol–water partition coefficient (Wildman–Crippen LogP) is 2.21. The van der Waals surface area contributed by atoms with Crippen molar-refractivity contribution >= 4 is 17.5 Å². The minimum absolute atomic E-state index is 0.0801. The number of hydrogen-bond donors (Lipinski definition) is 1. The van der Waals surface area contributed by atoms with Gasteiger partial charge in [-0.2, -0.15) is 0 Å². The molecule has 0 saturated heterocycles. The van der Waals surface area contributed by atoms with E-state index in [2.05, 4.69) is 15.5 Å². The summed E-state index contributed by atoms with van der Waals surface area (Å²) in [5, 5.41) is 10.7. The molecule has 1 atom stereocenters. The van der Waals surface area contributed by atoms with E-state index in [-0.39, 0.29) is 10.6 Å². The van der Waals surface area contributed by atoms with E-state index in [9.17, 15) is 9.18 Å². The van der Waals surface area contributed by atoms with Crippen LogP contribution in [0.1, 0.15) is 29.1 Å². The van der Waals surface area contributed by atoms with Crippen LogP contribution in [0.5, 0.6) is 0 Å². The molecule has 1 heterocycles. The maximum Gasteiger partial charge on any atom is 0.253 e. The highest BCUT2D eigenvalue weighted by Crippen LogP contribution is 2.18. The minimum atomic E-state index is -0.523. The second-order valence-electron chi connectivity index (χ2n) is 4.69. The molecule has 0 aliphatic rings. The molecule has 2 rings (SSSR count). The first-order chi connectivity index (χ1) is 10.5. The quantitative estimate of drug-likeness (QED) is 0.883. The Bertz CT molecular complexity index is 662. The topological polar surface area (TPSA) is 69.0 Å². The molecular weight excluding hydrogens is 311 g/mol. The highest BCUT2D eigenvalue weighted by Gasteiger charge is 2.18. The van der Waals surface area contributed by atoms with Gasteiger partial charge in [-0.25, -0.2) is 4.39 Å². The third kappa shape index (κ3) is 3.80. The van der Waals surface area contributed by atoms with Crippen molar-refractivity contribution in [1.29, 1.82) is 0 Å². The minimum Gasteiger partial charge on any atom is -0.383 e. The van der Waals surface area contributed by atoms with E-state index >= 15 is 0 Å². The molecule has 0 saturated carbocycles. The Morgan fingerprint density at radius 3 is 3.05 bits per heavy atom. The molecule has 2 aromatic rings. The summed E-state index contributed by atoms with van der Waals surface area (Å²) in [7, 11) is 1.60. The lowest BCUT2D eigenvalue weighted by atomic mass is 10.2.